The highest BCUT2D eigenvalue weighted by Gasteiger charge is 2.38. The molecule has 0 radical (unpaired) electrons. The highest BCUT2D eigenvalue weighted by molar-refractivity contribution is 5.93. The molecule has 2 atom stereocenters. The molecule has 6 nitrogen and oxygen atoms in total. The van der Waals surface area contributed by atoms with Gasteiger partial charge in [-0.2, -0.15) is 4.98 Å². The van der Waals surface area contributed by atoms with Crippen LogP contribution in [0.15, 0.2) is 28.8 Å². The van der Waals surface area contributed by atoms with Gasteiger partial charge in [0, 0.05) is 5.92 Å². The van der Waals surface area contributed by atoms with Crippen LogP contribution in [-0.4, -0.2) is 23.2 Å². The molecule has 110 valence electrons. The maximum Gasteiger partial charge on any atom is 0.232 e. The van der Waals surface area contributed by atoms with Gasteiger partial charge in [-0.3, -0.25) is 4.79 Å². The van der Waals surface area contributed by atoms with Crippen molar-refractivity contribution < 1.29 is 14.1 Å². The van der Waals surface area contributed by atoms with Gasteiger partial charge >= 0.3 is 0 Å². The molecule has 2 aromatic rings. The topological polar surface area (TPSA) is 77.2 Å². The molecule has 1 aromatic carbocycles. The number of aromatic nitrogens is 2. The average molecular weight is 287 g/mol. The molecule has 0 aliphatic heterocycles. The van der Waals surface area contributed by atoms with Crippen LogP contribution in [0.4, 0.5) is 5.69 Å². The molecule has 0 bridgehead atoms. The minimum Gasteiger partial charge on any atom is -0.495 e. The number of anilines is 1. The first kappa shape index (κ1) is 13.6. The number of hydrogen-bond acceptors (Lipinski definition) is 5. The van der Waals surface area contributed by atoms with Gasteiger partial charge in [0.15, 0.2) is 5.82 Å². The van der Waals surface area contributed by atoms with Crippen molar-refractivity contribution in [2.24, 2.45) is 5.92 Å². The van der Waals surface area contributed by atoms with Crippen molar-refractivity contribution in [2.75, 3.05) is 12.4 Å². The summed E-state index contributed by atoms with van der Waals surface area (Å²) in [5.41, 5.74) is 0.629. The summed E-state index contributed by atoms with van der Waals surface area (Å²) in [4.78, 5) is 16.3. The van der Waals surface area contributed by atoms with Gasteiger partial charge in [-0.05, 0) is 24.5 Å². The Hall–Kier alpha value is -2.37. The molecule has 0 spiro atoms. The first-order valence-corrected chi connectivity index (χ1v) is 6.92. The number of carbonyl (C=O) groups is 1. The quantitative estimate of drug-likeness (QED) is 0.913. The van der Waals surface area contributed by atoms with Crippen molar-refractivity contribution in [3.63, 3.8) is 0 Å². The van der Waals surface area contributed by atoms with Crippen molar-refractivity contribution >= 4 is 11.6 Å². The molecule has 3 rings (SSSR count). The zero-order valence-electron chi connectivity index (χ0n) is 12.0. The Kier molecular flexibility index (Phi) is 3.60. The van der Waals surface area contributed by atoms with Gasteiger partial charge in [0.2, 0.25) is 11.8 Å². The highest BCUT2D eigenvalue weighted by Crippen LogP contribution is 2.45. The Morgan fingerprint density at radius 2 is 2.24 bits per heavy atom. The number of methoxy groups -OCH3 is 1. The summed E-state index contributed by atoms with van der Waals surface area (Å²) in [5.74, 6) is 2.44. The monoisotopic (exact) mass is 287 g/mol. The van der Waals surface area contributed by atoms with E-state index in [9.17, 15) is 4.79 Å². The summed E-state index contributed by atoms with van der Waals surface area (Å²) in [6, 6.07) is 7.25. The van der Waals surface area contributed by atoms with Crippen molar-refractivity contribution in [1.82, 2.24) is 10.1 Å². The number of para-hydroxylation sites is 2. The normalized spacial score (nSPS) is 20.1. The Balaban J connectivity index is 1.62. The predicted octanol–water partition coefficient (Wildman–Crippen LogP) is 2.38. The number of rotatable bonds is 5. The lowest BCUT2D eigenvalue weighted by atomic mass is 10.2. The maximum atomic E-state index is 12.0. The van der Waals surface area contributed by atoms with Crippen LogP contribution in [0.2, 0.25) is 0 Å². The molecule has 0 saturated heterocycles. The van der Waals surface area contributed by atoms with Crippen molar-refractivity contribution in [2.45, 2.75) is 25.7 Å². The summed E-state index contributed by atoms with van der Waals surface area (Å²) in [6.45, 7) is 2.14. The first-order chi connectivity index (χ1) is 10.2. The summed E-state index contributed by atoms with van der Waals surface area (Å²) in [5, 5.41) is 6.65. The van der Waals surface area contributed by atoms with E-state index in [0.717, 1.165) is 6.42 Å². The molecule has 2 unspecified atom stereocenters. The molecule has 1 aliphatic carbocycles. The number of amides is 1. The molecule has 1 fully saturated rings. The van der Waals surface area contributed by atoms with Crippen LogP contribution in [0.25, 0.3) is 0 Å². The second-order valence-corrected chi connectivity index (χ2v) is 5.29. The average Bonchev–Trinajstić information content (AvgIpc) is 3.02. The minimum absolute atomic E-state index is 0.0860. The van der Waals surface area contributed by atoms with E-state index in [2.05, 4.69) is 22.4 Å². The Morgan fingerprint density at radius 3 is 2.95 bits per heavy atom. The standard InChI is InChI=1S/C15H17N3O3/c1-9-7-10(9)15-17-13(18-21-15)8-14(19)16-11-5-3-4-6-12(11)20-2/h3-6,9-10H,7-8H2,1-2H3,(H,16,19). The molecule has 1 heterocycles. The van der Waals surface area contributed by atoms with E-state index in [4.69, 9.17) is 9.26 Å². The van der Waals surface area contributed by atoms with Crippen molar-refractivity contribution in [3.05, 3.63) is 36.0 Å². The van der Waals surface area contributed by atoms with Crippen molar-refractivity contribution in [3.8, 4) is 5.75 Å². The number of benzene rings is 1. The summed E-state index contributed by atoms with van der Waals surface area (Å²) in [6.07, 6.45) is 1.16. The van der Waals surface area contributed by atoms with Crippen LogP contribution in [0.1, 0.15) is 31.0 Å². The van der Waals surface area contributed by atoms with Gasteiger partial charge in [-0.1, -0.05) is 24.2 Å². The number of nitrogens with zero attached hydrogens (tertiary/aromatic N) is 2. The van der Waals surface area contributed by atoms with Crippen LogP contribution < -0.4 is 10.1 Å². The van der Waals surface area contributed by atoms with E-state index in [0.29, 0.717) is 35.0 Å². The van der Waals surface area contributed by atoms with Gasteiger partial charge in [-0.25, -0.2) is 0 Å². The third-order valence-corrected chi connectivity index (χ3v) is 3.61. The molecule has 6 heteroatoms. The van der Waals surface area contributed by atoms with Crippen LogP contribution in [0.5, 0.6) is 5.75 Å². The maximum absolute atomic E-state index is 12.0. The molecule has 1 aliphatic rings. The molecular formula is C15H17N3O3. The highest BCUT2D eigenvalue weighted by atomic mass is 16.5. The van der Waals surface area contributed by atoms with Gasteiger partial charge in [-0.15, -0.1) is 0 Å². The lowest BCUT2D eigenvalue weighted by Gasteiger charge is -2.08. The zero-order valence-corrected chi connectivity index (χ0v) is 12.0. The van der Waals surface area contributed by atoms with E-state index in [1.807, 2.05) is 12.1 Å². The molecular weight excluding hydrogens is 270 g/mol. The zero-order chi connectivity index (χ0) is 14.8. The number of ether oxygens (including phenoxy) is 1. The van der Waals surface area contributed by atoms with E-state index in [1.54, 1.807) is 19.2 Å². The van der Waals surface area contributed by atoms with Gasteiger partial charge < -0.3 is 14.6 Å². The van der Waals surface area contributed by atoms with E-state index >= 15 is 0 Å². The number of nitrogens with one attached hydrogen (secondary N) is 1. The third kappa shape index (κ3) is 3.04. The fraction of sp³-hybridized carbons (Fsp3) is 0.400. The van der Waals surface area contributed by atoms with Crippen molar-refractivity contribution in [1.29, 1.82) is 0 Å². The Morgan fingerprint density at radius 1 is 1.48 bits per heavy atom. The number of hydrogen-bond donors (Lipinski definition) is 1. The van der Waals surface area contributed by atoms with Crippen LogP contribution in [-0.2, 0) is 11.2 Å². The van der Waals surface area contributed by atoms with E-state index in [1.165, 1.54) is 0 Å². The largest absolute Gasteiger partial charge is 0.495 e. The third-order valence-electron chi connectivity index (χ3n) is 3.61. The number of carbonyl (C=O) groups excluding carboxylic acids is 1. The SMILES string of the molecule is COc1ccccc1NC(=O)Cc1noc(C2CC2C)n1. The smallest absolute Gasteiger partial charge is 0.232 e. The summed E-state index contributed by atoms with van der Waals surface area (Å²) < 4.78 is 10.4. The second-order valence-electron chi connectivity index (χ2n) is 5.29. The lowest BCUT2D eigenvalue weighted by Crippen LogP contribution is -2.15. The van der Waals surface area contributed by atoms with Crippen LogP contribution in [0.3, 0.4) is 0 Å². The molecule has 1 saturated carbocycles. The van der Waals surface area contributed by atoms with E-state index in [-0.39, 0.29) is 12.3 Å². The predicted molar refractivity (Wildman–Crippen MR) is 76.1 cm³/mol. The van der Waals surface area contributed by atoms with Gasteiger partial charge in [0.1, 0.15) is 5.75 Å². The molecule has 1 amide bonds. The lowest BCUT2D eigenvalue weighted by molar-refractivity contribution is -0.115. The summed E-state index contributed by atoms with van der Waals surface area (Å²) >= 11 is 0. The minimum atomic E-state index is -0.198. The summed E-state index contributed by atoms with van der Waals surface area (Å²) in [7, 11) is 1.56. The molecule has 1 aromatic heterocycles. The Bertz CT molecular complexity index is 653. The van der Waals surface area contributed by atoms with Crippen LogP contribution in [0, 0.1) is 5.92 Å². The fourth-order valence-electron chi connectivity index (χ4n) is 2.24. The van der Waals surface area contributed by atoms with Crippen LogP contribution >= 0.6 is 0 Å². The Labute approximate surface area is 122 Å². The molecule has 21 heavy (non-hydrogen) atoms. The van der Waals surface area contributed by atoms with Gasteiger partial charge in [0.05, 0.1) is 19.2 Å². The first-order valence-electron chi connectivity index (χ1n) is 6.92. The molecule has 1 N–H and O–H groups in total. The van der Waals surface area contributed by atoms with Gasteiger partial charge in [0.25, 0.3) is 0 Å². The van der Waals surface area contributed by atoms with E-state index < -0.39 is 0 Å². The second kappa shape index (κ2) is 5.55. The fourth-order valence-corrected chi connectivity index (χ4v) is 2.24.